The second-order valence-corrected chi connectivity index (χ2v) is 10.3. The first kappa shape index (κ1) is 24.7. The number of nitrogens with one attached hydrogen (secondary N) is 1. The number of aromatic nitrogens is 2. The number of nitrogens with zero attached hydrogens (tertiary/aromatic N) is 2. The molecule has 0 fully saturated rings. The molecule has 0 atom stereocenters. The molecule has 10 heteroatoms. The average molecular weight is 556 g/mol. The van der Waals surface area contributed by atoms with Crippen LogP contribution in [0, 0.1) is 6.92 Å². The molecule has 0 spiro atoms. The first-order chi connectivity index (χ1) is 18.8. The molecule has 2 heterocycles. The second-order valence-electron chi connectivity index (χ2n) is 8.87. The fourth-order valence-corrected chi connectivity index (χ4v) is 5.78. The van der Waals surface area contributed by atoms with Crippen molar-refractivity contribution >= 4 is 62.3 Å². The maximum Gasteiger partial charge on any atom is 0.348 e. The van der Waals surface area contributed by atoms with Crippen molar-refractivity contribution in [1.29, 1.82) is 0 Å². The molecule has 39 heavy (non-hydrogen) atoms. The van der Waals surface area contributed by atoms with E-state index in [0.717, 1.165) is 21.6 Å². The second kappa shape index (κ2) is 9.61. The molecule has 0 aliphatic heterocycles. The highest BCUT2D eigenvalue weighted by molar-refractivity contribution is 7.20. The fraction of sp³-hybridized carbons (Fsp3) is 0.0690. The Morgan fingerprint density at radius 1 is 0.923 bits per heavy atom. The van der Waals surface area contributed by atoms with Crippen LogP contribution < -0.4 is 5.32 Å². The molecule has 0 saturated heterocycles. The summed E-state index contributed by atoms with van der Waals surface area (Å²) in [4.78, 5) is 52.3. The van der Waals surface area contributed by atoms with Gasteiger partial charge < -0.3 is 10.1 Å². The normalized spacial score (nSPS) is 12.3. The number of rotatable bonds is 5. The lowest BCUT2D eigenvalue weighted by atomic mass is 9.84. The molecular formula is C29H18ClN3O5S. The van der Waals surface area contributed by atoms with Crippen LogP contribution in [0.25, 0.3) is 15.9 Å². The van der Waals surface area contributed by atoms with Gasteiger partial charge in [-0.15, -0.1) is 11.3 Å². The van der Waals surface area contributed by atoms with Crippen molar-refractivity contribution in [2.24, 2.45) is 0 Å². The molecule has 0 saturated carbocycles. The summed E-state index contributed by atoms with van der Waals surface area (Å²) >= 11 is 7.54. The van der Waals surface area contributed by atoms with Crippen LogP contribution in [0.1, 0.15) is 47.2 Å². The number of carbonyl (C=O) groups excluding carboxylic acids is 4. The number of hydrogen-bond acceptors (Lipinski definition) is 7. The number of benzene rings is 3. The zero-order valence-electron chi connectivity index (χ0n) is 20.4. The van der Waals surface area contributed by atoms with Crippen molar-refractivity contribution in [2.75, 3.05) is 11.9 Å². The monoisotopic (exact) mass is 555 g/mol. The van der Waals surface area contributed by atoms with Crippen LogP contribution >= 0.6 is 22.9 Å². The summed E-state index contributed by atoms with van der Waals surface area (Å²) in [5.74, 6) is -1.96. The number of esters is 1. The maximum absolute atomic E-state index is 13.0. The van der Waals surface area contributed by atoms with Gasteiger partial charge in [-0.25, -0.2) is 9.48 Å². The smallest absolute Gasteiger partial charge is 0.348 e. The van der Waals surface area contributed by atoms with Gasteiger partial charge >= 0.3 is 5.97 Å². The average Bonchev–Trinajstić information content (AvgIpc) is 3.52. The van der Waals surface area contributed by atoms with E-state index >= 15 is 0 Å². The van der Waals surface area contributed by atoms with Crippen molar-refractivity contribution < 1.29 is 23.9 Å². The summed E-state index contributed by atoms with van der Waals surface area (Å²) in [5.41, 5.74) is 2.67. The number of anilines is 1. The van der Waals surface area contributed by atoms with Crippen LogP contribution in [-0.4, -0.2) is 39.8 Å². The Morgan fingerprint density at radius 3 is 2.26 bits per heavy atom. The minimum absolute atomic E-state index is 0.0828. The number of hydrogen-bond donors (Lipinski definition) is 1. The Hall–Kier alpha value is -4.60. The molecule has 0 bridgehead atoms. The molecule has 1 N–H and O–H groups in total. The Kier molecular flexibility index (Phi) is 6.09. The number of ether oxygens (including phenoxy) is 1. The predicted octanol–water partition coefficient (Wildman–Crippen LogP) is 5.62. The number of fused-ring (bicyclic) bond motifs is 3. The SMILES string of the molecule is Cc1nn(-c2ccccc2)c2sc(C(=O)OCC(=O)Nc3cc4c(cc3Cl)C(=O)c3ccccc3C4=O)cc12. The highest BCUT2D eigenvalue weighted by Gasteiger charge is 2.30. The predicted molar refractivity (Wildman–Crippen MR) is 147 cm³/mol. The summed E-state index contributed by atoms with van der Waals surface area (Å²) < 4.78 is 7.01. The molecule has 0 radical (unpaired) electrons. The lowest BCUT2D eigenvalue weighted by Gasteiger charge is -2.19. The standard InChI is InChI=1S/C29H18ClN3O5S/c1-15-19-13-24(39-28(19)33(32-15)16-7-3-2-4-8-16)29(37)38-14-25(34)31-23-12-21-20(11-22(23)30)26(35)17-9-5-6-10-18(17)27(21)36/h2-13H,14H2,1H3,(H,31,34). The van der Waals surface area contributed by atoms with Crippen LogP contribution in [0.3, 0.4) is 0 Å². The Bertz CT molecular complexity index is 1840. The molecule has 1 amide bonds. The van der Waals surface area contributed by atoms with Crippen LogP contribution in [0.2, 0.25) is 5.02 Å². The Morgan fingerprint density at radius 2 is 1.56 bits per heavy atom. The van der Waals surface area contributed by atoms with E-state index in [4.69, 9.17) is 16.3 Å². The molecule has 1 aliphatic rings. The molecule has 2 aromatic heterocycles. The minimum atomic E-state index is -0.653. The third kappa shape index (κ3) is 4.31. The molecule has 3 aromatic carbocycles. The summed E-state index contributed by atoms with van der Waals surface area (Å²) in [6.45, 7) is 1.29. The van der Waals surface area contributed by atoms with E-state index < -0.39 is 18.5 Å². The number of thiophene rings is 1. The van der Waals surface area contributed by atoms with E-state index in [1.807, 2.05) is 37.3 Å². The third-order valence-corrected chi connectivity index (χ3v) is 7.77. The highest BCUT2D eigenvalue weighted by Crippen LogP contribution is 2.34. The molecule has 192 valence electrons. The van der Waals surface area contributed by atoms with Gasteiger partial charge in [-0.1, -0.05) is 54.1 Å². The van der Waals surface area contributed by atoms with E-state index in [-0.39, 0.29) is 39.0 Å². The van der Waals surface area contributed by atoms with Crippen molar-refractivity contribution in [3.8, 4) is 5.69 Å². The van der Waals surface area contributed by atoms with Crippen LogP contribution in [0.15, 0.2) is 72.8 Å². The van der Waals surface area contributed by atoms with Crippen LogP contribution in [0.4, 0.5) is 5.69 Å². The quantitative estimate of drug-likeness (QED) is 0.277. The Balaban J connectivity index is 1.17. The lowest BCUT2D eigenvalue weighted by molar-refractivity contribution is -0.119. The van der Waals surface area contributed by atoms with Gasteiger partial charge in [0, 0.05) is 27.6 Å². The Labute approximate surface area is 230 Å². The summed E-state index contributed by atoms with van der Waals surface area (Å²) in [6.07, 6.45) is 0. The largest absolute Gasteiger partial charge is 0.451 e. The molecule has 8 nitrogen and oxygen atoms in total. The first-order valence-electron chi connectivity index (χ1n) is 11.9. The van der Waals surface area contributed by atoms with E-state index in [1.54, 1.807) is 35.0 Å². The zero-order valence-corrected chi connectivity index (χ0v) is 21.9. The first-order valence-corrected chi connectivity index (χ1v) is 13.0. The summed E-state index contributed by atoms with van der Waals surface area (Å²) in [7, 11) is 0. The van der Waals surface area contributed by atoms with Gasteiger partial charge in [-0.3, -0.25) is 14.4 Å². The van der Waals surface area contributed by atoms with Gasteiger partial charge in [0.1, 0.15) is 9.71 Å². The summed E-state index contributed by atoms with van der Waals surface area (Å²) in [6, 6.07) is 20.5. The molecular weight excluding hydrogens is 538 g/mol. The number of aryl methyl sites for hydroxylation is 1. The fourth-order valence-electron chi connectivity index (χ4n) is 4.49. The van der Waals surface area contributed by atoms with Crippen molar-refractivity contribution in [3.05, 3.63) is 111 Å². The van der Waals surface area contributed by atoms with Crippen molar-refractivity contribution in [3.63, 3.8) is 0 Å². The van der Waals surface area contributed by atoms with E-state index in [1.165, 1.54) is 23.5 Å². The van der Waals surface area contributed by atoms with Gasteiger partial charge in [-0.05, 0) is 37.3 Å². The molecule has 6 rings (SSSR count). The number of amides is 1. The summed E-state index contributed by atoms with van der Waals surface area (Å²) in [5, 5.41) is 8.03. The number of para-hydroxylation sites is 1. The van der Waals surface area contributed by atoms with Crippen LogP contribution in [-0.2, 0) is 9.53 Å². The van der Waals surface area contributed by atoms with Gasteiger partial charge in [-0.2, -0.15) is 5.10 Å². The van der Waals surface area contributed by atoms with Gasteiger partial charge in [0.2, 0.25) is 0 Å². The lowest BCUT2D eigenvalue weighted by Crippen LogP contribution is -2.23. The molecule has 5 aromatic rings. The molecule has 1 aliphatic carbocycles. The minimum Gasteiger partial charge on any atom is -0.451 e. The van der Waals surface area contributed by atoms with Gasteiger partial charge in [0.05, 0.1) is 22.1 Å². The number of ketones is 2. The maximum atomic E-state index is 13.0. The topological polar surface area (TPSA) is 107 Å². The van der Waals surface area contributed by atoms with E-state index in [2.05, 4.69) is 10.4 Å². The van der Waals surface area contributed by atoms with Crippen molar-refractivity contribution in [2.45, 2.75) is 6.92 Å². The highest BCUT2D eigenvalue weighted by atomic mass is 35.5. The van der Waals surface area contributed by atoms with Crippen LogP contribution in [0.5, 0.6) is 0 Å². The third-order valence-electron chi connectivity index (χ3n) is 6.37. The zero-order chi connectivity index (χ0) is 27.3. The van der Waals surface area contributed by atoms with E-state index in [9.17, 15) is 19.2 Å². The van der Waals surface area contributed by atoms with Gasteiger partial charge in [0.15, 0.2) is 18.2 Å². The number of halogens is 1. The van der Waals surface area contributed by atoms with Gasteiger partial charge in [0.25, 0.3) is 5.91 Å². The molecule has 0 unspecified atom stereocenters. The van der Waals surface area contributed by atoms with Crippen molar-refractivity contribution in [1.82, 2.24) is 9.78 Å². The van der Waals surface area contributed by atoms with E-state index in [0.29, 0.717) is 10.4 Å². The number of carbonyl (C=O) groups is 4.